The van der Waals surface area contributed by atoms with Crippen molar-refractivity contribution in [1.82, 2.24) is 0 Å². The normalized spacial score (nSPS) is 24.1. The van der Waals surface area contributed by atoms with Crippen molar-refractivity contribution in [2.75, 3.05) is 12.3 Å². The minimum atomic E-state index is -0.399. The molecule has 0 aromatic heterocycles. The van der Waals surface area contributed by atoms with Crippen molar-refractivity contribution >= 4 is 23.3 Å². The van der Waals surface area contributed by atoms with Gasteiger partial charge in [0.05, 0.1) is 22.8 Å². The molecule has 0 amide bonds. The lowest BCUT2D eigenvalue weighted by Gasteiger charge is -2.46. The van der Waals surface area contributed by atoms with Crippen LogP contribution in [0.25, 0.3) is 0 Å². The fourth-order valence-electron chi connectivity index (χ4n) is 2.92. The van der Waals surface area contributed by atoms with Crippen molar-refractivity contribution in [2.24, 2.45) is 0 Å². The van der Waals surface area contributed by atoms with Crippen molar-refractivity contribution in [2.45, 2.75) is 43.8 Å². The number of rotatable bonds is 2. The molecule has 1 aromatic rings. The van der Waals surface area contributed by atoms with Crippen LogP contribution >= 0.6 is 11.6 Å². The van der Waals surface area contributed by atoms with Crippen LogP contribution in [0.5, 0.6) is 0 Å². The molecule has 1 saturated heterocycles. The summed E-state index contributed by atoms with van der Waals surface area (Å²) in [6.07, 6.45) is 4.78. The second kappa shape index (κ2) is 5.26. The van der Waals surface area contributed by atoms with E-state index in [4.69, 9.17) is 26.8 Å². The molecular formula is C15H18ClNO3. The highest BCUT2D eigenvalue weighted by molar-refractivity contribution is 6.33. The fourth-order valence-corrected chi connectivity index (χ4v) is 3.11. The third-order valence-electron chi connectivity index (χ3n) is 4.20. The van der Waals surface area contributed by atoms with Crippen LogP contribution in [0.15, 0.2) is 18.2 Å². The molecule has 2 fully saturated rings. The molecule has 1 spiro atoms. The van der Waals surface area contributed by atoms with Crippen molar-refractivity contribution in [3.8, 4) is 0 Å². The van der Waals surface area contributed by atoms with Gasteiger partial charge in [-0.1, -0.05) is 11.6 Å². The fraction of sp³-hybridized carbons (Fsp3) is 0.533. The Morgan fingerprint density at radius 1 is 1.45 bits per heavy atom. The van der Waals surface area contributed by atoms with Crippen molar-refractivity contribution in [3.05, 3.63) is 28.8 Å². The Kier molecular flexibility index (Phi) is 3.61. The number of nitrogen functional groups attached to an aromatic ring is 1. The molecule has 1 aliphatic heterocycles. The molecule has 0 radical (unpaired) electrons. The molecule has 5 heteroatoms. The van der Waals surface area contributed by atoms with Gasteiger partial charge in [-0.15, -0.1) is 0 Å². The van der Waals surface area contributed by atoms with E-state index in [0.29, 0.717) is 22.9 Å². The van der Waals surface area contributed by atoms with Gasteiger partial charge in [0.15, 0.2) is 0 Å². The van der Waals surface area contributed by atoms with E-state index in [1.165, 1.54) is 6.42 Å². The predicted octanol–water partition coefficient (Wildman–Crippen LogP) is 3.18. The second-order valence-electron chi connectivity index (χ2n) is 5.64. The first-order valence-corrected chi connectivity index (χ1v) is 7.36. The van der Waals surface area contributed by atoms with E-state index in [2.05, 4.69) is 0 Å². The number of carbonyl (C=O) groups is 1. The van der Waals surface area contributed by atoms with E-state index in [-0.39, 0.29) is 11.7 Å². The van der Waals surface area contributed by atoms with Gasteiger partial charge in [0, 0.05) is 18.5 Å². The highest BCUT2D eigenvalue weighted by Crippen LogP contribution is 2.43. The Morgan fingerprint density at radius 3 is 2.95 bits per heavy atom. The summed E-state index contributed by atoms with van der Waals surface area (Å²) < 4.78 is 11.4. The quantitative estimate of drug-likeness (QED) is 0.672. The van der Waals surface area contributed by atoms with Crippen molar-refractivity contribution in [3.63, 3.8) is 0 Å². The van der Waals surface area contributed by atoms with Crippen LogP contribution in [0, 0.1) is 0 Å². The summed E-state index contributed by atoms with van der Waals surface area (Å²) in [5.74, 6) is -0.399. The van der Waals surface area contributed by atoms with Crippen LogP contribution in [0.3, 0.4) is 0 Å². The summed E-state index contributed by atoms with van der Waals surface area (Å²) in [4.78, 5) is 12.2. The lowest BCUT2D eigenvalue weighted by atomic mass is 9.74. The molecular weight excluding hydrogens is 278 g/mol. The zero-order chi connectivity index (χ0) is 14.2. The molecule has 1 atom stereocenters. The topological polar surface area (TPSA) is 61.6 Å². The highest BCUT2D eigenvalue weighted by atomic mass is 35.5. The first kappa shape index (κ1) is 13.7. The lowest BCUT2D eigenvalue weighted by Crippen LogP contribution is -2.48. The van der Waals surface area contributed by atoms with Gasteiger partial charge in [-0.2, -0.15) is 0 Å². The molecule has 20 heavy (non-hydrogen) atoms. The predicted molar refractivity (Wildman–Crippen MR) is 76.8 cm³/mol. The standard InChI is InChI=1S/C15H18ClNO3/c16-13-3-2-10(17)8-12(13)14(18)20-11-4-7-19-15(9-11)5-1-6-15/h2-3,8,11H,1,4-7,9,17H2. The SMILES string of the molecule is Nc1ccc(Cl)c(C(=O)OC2CCOC3(CCC3)C2)c1. The van der Waals surface area contributed by atoms with E-state index in [0.717, 1.165) is 25.7 Å². The largest absolute Gasteiger partial charge is 0.459 e. The third kappa shape index (κ3) is 2.63. The molecule has 2 aliphatic rings. The maximum Gasteiger partial charge on any atom is 0.340 e. The smallest absolute Gasteiger partial charge is 0.340 e. The van der Waals surface area contributed by atoms with Crippen LogP contribution in [-0.2, 0) is 9.47 Å². The first-order chi connectivity index (χ1) is 9.58. The van der Waals surface area contributed by atoms with E-state index in [1.807, 2.05) is 0 Å². The summed E-state index contributed by atoms with van der Waals surface area (Å²) in [6.45, 7) is 0.655. The van der Waals surface area contributed by atoms with E-state index >= 15 is 0 Å². The molecule has 1 saturated carbocycles. The maximum absolute atomic E-state index is 12.2. The van der Waals surface area contributed by atoms with Crippen LogP contribution in [0.2, 0.25) is 5.02 Å². The Labute approximate surface area is 123 Å². The Balaban J connectivity index is 1.67. The van der Waals surface area contributed by atoms with Crippen LogP contribution in [-0.4, -0.2) is 24.3 Å². The average Bonchev–Trinajstić information content (AvgIpc) is 2.40. The number of carbonyl (C=O) groups excluding carboxylic acids is 1. The summed E-state index contributed by atoms with van der Waals surface area (Å²) >= 11 is 6.02. The summed E-state index contributed by atoms with van der Waals surface area (Å²) in [5.41, 5.74) is 6.48. The van der Waals surface area contributed by atoms with Gasteiger partial charge in [0.1, 0.15) is 6.10 Å². The third-order valence-corrected chi connectivity index (χ3v) is 4.53. The summed E-state index contributed by atoms with van der Waals surface area (Å²) in [6, 6.07) is 4.84. The number of benzene rings is 1. The average molecular weight is 296 g/mol. The van der Waals surface area contributed by atoms with E-state index in [9.17, 15) is 4.79 Å². The molecule has 1 unspecified atom stereocenters. The van der Waals surface area contributed by atoms with Gasteiger partial charge in [0.25, 0.3) is 0 Å². The summed E-state index contributed by atoms with van der Waals surface area (Å²) in [5, 5.41) is 0.370. The van der Waals surface area contributed by atoms with Gasteiger partial charge in [0.2, 0.25) is 0 Å². The zero-order valence-electron chi connectivity index (χ0n) is 11.2. The highest BCUT2D eigenvalue weighted by Gasteiger charge is 2.43. The molecule has 1 heterocycles. The number of hydrogen-bond donors (Lipinski definition) is 1. The minimum Gasteiger partial charge on any atom is -0.459 e. The number of anilines is 1. The minimum absolute atomic E-state index is 0.0390. The van der Waals surface area contributed by atoms with Crippen molar-refractivity contribution < 1.29 is 14.3 Å². The molecule has 1 aliphatic carbocycles. The molecule has 1 aromatic carbocycles. The summed E-state index contributed by atoms with van der Waals surface area (Å²) in [7, 11) is 0. The zero-order valence-corrected chi connectivity index (χ0v) is 12.0. The van der Waals surface area contributed by atoms with Crippen LogP contribution < -0.4 is 5.73 Å². The van der Waals surface area contributed by atoms with Gasteiger partial charge in [-0.05, 0) is 37.5 Å². The van der Waals surface area contributed by atoms with E-state index in [1.54, 1.807) is 18.2 Å². The van der Waals surface area contributed by atoms with E-state index < -0.39 is 5.97 Å². The Morgan fingerprint density at radius 2 is 2.25 bits per heavy atom. The molecule has 2 N–H and O–H groups in total. The van der Waals surface area contributed by atoms with Gasteiger partial charge in [-0.25, -0.2) is 4.79 Å². The number of ether oxygens (including phenoxy) is 2. The second-order valence-corrected chi connectivity index (χ2v) is 6.05. The van der Waals surface area contributed by atoms with Gasteiger partial charge >= 0.3 is 5.97 Å². The van der Waals surface area contributed by atoms with Crippen LogP contribution in [0.1, 0.15) is 42.5 Å². The van der Waals surface area contributed by atoms with Crippen LogP contribution in [0.4, 0.5) is 5.69 Å². The number of esters is 1. The molecule has 0 bridgehead atoms. The molecule has 108 valence electrons. The molecule has 3 rings (SSSR count). The monoisotopic (exact) mass is 295 g/mol. The first-order valence-electron chi connectivity index (χ1n) is 6.98. The number of halogens is 1. The van der Waals surface area contributed by atoms with Gasteiger partial charge < -0.3 is 15.2 Å². The number of nitrogens with two attached hydrogens (primary N) is 1. The Bertz CT molecular complexity index is 528. The molecule has 4 nitrogen and oxygen atoms in total. The number of hydrogen-bond acceptors (Lipinski definition) is 4. The lowest BCUT2D eigenvalue weighted by molar-refractivity contribution is -0.159. The van der Waals surface area contributed by atoms with Crippen molar-refractivity contribution in [1.29, 1.82) is 0 Å². The maximum atomic E-state index is 12.2. The van der Waals surface area contributed by atoms with Gasteiger partial charge in [-0.3, -0.25) is 0 Å². The Hall–Kier alpha value is -1.26.